The lowest BCUT2D eigenvalue weighted by Gasteiger charge is -2.17. The number of halogens is 1. The van der Waals surface area contributed by atoms with Crippen molar-refractivity contribution in [3.05, 3.63) is 12.7 Å². The zero-order valence-corrected chi connectivity index (χ0v) is 18.7. The third-order valence-electron chi connectivity index (χ3n) is 5.37. The van der Waals surface area contributed by atoms with Crippen molar-refractivity contribution in [2.75, 3.05) is 32.8 Å². The largest absolute Gasteiger partial charge is 1.00 e. The van der Waals surface area contributed by atoms with Crippen LogP contribution in [0.4, 0.5) is 0 Å². The molecule has 0 saturated carbocycles. The second-order valence-corrected chi connectivity index (χ2v) is 7.83. The summed E-state index contributed by atoms with van der Waals surface area (Å²) in [5.74, 6) is 0. The van der Waals surface area contributed by atoms with Gasteiger partial charge in [-0.25, -0.2) is 0 Å². The quantitative estimate of drug-likeness (QED) is 0.188. The Morgan fingerprint density at radius 2 is 0.852 bits per heavy atom. The van der Waals surface area contributed by atoms with E-state index in [0.717, 1.165) is 19.6 Å². The van der Waals surface area contributed by atoms with Crippen LogP contribution < -0.4 is 17.3 Å². The van der Waals surface area contributed by atoms with Gasteiger partial charge in [0.15, 0.2) is 0 Å². The first kappa shape index (κ1) is 29.1. The van der Waals surface area contributed by atoms with Crippen LogP contribution in [0.3, 0.4) is 0 Å². The normalized spacial score (nSPS) is 10.9. The van der Waals surface area contributed by atoms with Gasteiger partial charge in [0.1, 0.15) is 13.1 Å². The van der Waals surface area contributed by atoms with Crippen molar-refractivity contribution in [2.24, 2.45) is 0 Å². The van der Waals surface area contributed by atoms with Gasteiger partial charge in [0.05, 0.1) is 19.8 Å². The Labute approximate surface area is 176 Å². The highest BCUT2D eigenvalue weighted by molar-refractivity contribution is 4.65. The van der Waals surface area contributed by atoms with Gasteiger partial charge in [-0.15, -0.1) is 6.58 Å². The van der Waals surface area contributed by atoms with Crippen LogP contribution >= 0.6 is 0 Å². The first-order valence-electron chi connectivity index (χ1n) is 11.5. The van der Waals surface area contributed by atoms with Crippen LogP contribution in [0.1, 0.15) is 103 Å². The summed E-state index contributed by atoms with van der Waals surface area (Å²) < 4.78 is 0. The maximum absolute atomic E-state index is 9.00. The van der Waals surface area contributed by atoms with Gasteiger partial charge in [-0.2, -0.15) is 0 Å². The molecule has 0 aromatic carbocycles. The van der Waals surface area contributed by atoms with E-state index in [4.69, 9.17) is 10.2 Å². The average Bonchev–Trinajstić information content (AvgIpc) is 2.64. The van der Waals surface area contributed by atoms with Gasteiger partial charge < -0.3 is 27.5 Å². The van der Waals surface area contributed by atoms with Gasteiger partial charge >= 0.3 is 0 Å². The van der Waals surface area contributed by atoms with Crippen LogP contribution in [0.2, 0.25) is 0 Å². The Morgan fingerprint density at radius 1 is 0.519 bits per heavy atom. The Balaban J connectivity index is 0. The van der Waals surface area contributed by atoms with Crippen LogP contribution in [0, 0.1) is 0 Å². The van der Waals surface area contributed by atoms with Gasteiger partial charge in [-0.3, -0.25) is 0 Å². The summed E-state index contributed by atoms with van der Waals surface area (Å²) in [6, 6.07) is 0. The minimum atomic E-state index is 0. The Kier molecular flexibility index (Phi) is 27.9. The molecular weight excluding hydrogens is 358 g/mol. The summed E-state index contributed by atoms with van der Waals surface area (Å²) in [4.78, 5) is 1.34. The molecule has 0 rings (SSSR count). The van der Waals surface area contributed by atoms with Crippen LogP contribution in [-0.4, -0.2) is 43.1 Å². The van der Waals surface area contributed by atoms with Crippen molar-refractivity contribution in [1.29, 1.82) is 0 Å². The Bertz CT molecular complexity index is 271. The van der Waals surface area contributed by atoms with E-state index >= 15 is 0 Å². The molecule has 0 aliphatic rings. The van der Waals surface area contributed by atoms with E-state index in [-0.39, 0.29) is 25.6 Å². The zero-order valence-electron chi connectivity index (χ0n) is 17.9. The average molecular weight is 406 g/mol. The van der Waals surface area contributed by atoms with Crippen LogP contribution in [0.5, 0.6) is 0 Å². The molecule has 0 atom stereocenters. The first-order valence-corrected chi connectivity index (χ1v) is 11.5. The fraction of sp³-hybridized carbons (Fsp3) is 0.913. The van der Waals surface area contributed by atoms with Gasteiger partial charge in [-0.05, 0) is 25.7 Å². The second kappa shape index (κ2) is 25.9. The molecule has 164 valence electrons. The van der Waals surface area contributed by atoms with E-state index in [1.807, 2.05) is 6.08 Å². The summed E-state index contributed by atoms with van der Waals surface area (Å²) in [5.41, 5.74) is 0. The monoisotopic (exact) mass is 405 g/mol. The van der Waals surface area contributed by atoms with Gasteiger partial charge in [0.25, 0.3) is 0 Å². The molecule has 0 unspecified atom stereocenters. The van der Waals surface area contributed by atoms with E-state index in [1.165, 1.54) is 108 Å². The predicted octanol–water partition coefficient (Wildman–Crippen LogP) is 1.29. The Hall–Kier alpha value is -0.0900. The number of allylic oxidation sites excluding steroid dienone is 1. The molecule has 27 heavy (non-hydrogen) atoms. The van der Waals surface area contributed by atoms with E-state index in [0.29, 0.717) is 0 Å². The fourth-order valence-corrected chi connectivity index (χ4v) is 3.65. The number of aliphatic hydroxyl groups excluding tert-OH is 2. The summed E-state index contributed by atoms with van der Waals surface area (Å²) in [6.45, 7) is 6.86. The topological polar surface area (TPSA) is 44.9 Å². The van der Waals surface area contributed by atoms with E-state index in [9.17, 15) is 0 Å². The number of rotatable bonds is 22. The molecule has 3 N–H and O–H groups in total. The molecule has 0 aliphatic heterocycles. The summed E-state index contributed by atoms with van der Waals surface area (Å²) in [6.07, 6.45) is 24.0. The molecule has 0 fully saturated rings. The molecule has 0 aromatic heterocycles. The van der Waals surface area contributed by atoms with Crippen molar-refractivity contribution < 1.29 is 27.5 Å². The van der Waals surface area contributed by atoms with Crippen LogP contribution in [0.15, 0.2) is 12.7 Å². The number of hydrogen-bond donors (Lipinski definition) is 3. The minimum Gasteiger partial charge on any atom is -1.00 e. The highest BCUT2D eigenvalue weighted by atomic mass is 35.5. The molecular formula is C23H48ClNO2. The lowest BCUT2D eigenvalue weighted by Crippen LogP contribution is -3.13. The third kappa shape index (κ3) is 23.9. The fourth-order valence-electron chi connectivity index (χ4n) is 3.65. The predicted molar refractivity (Wildman–Crippen MR) is 114 cm³/mol. The third-order valence-corrected chi connectivity index (χ3v) is 5.37. The summed E-state index contributed by atoms with van der Waals surface area (Å²) >= 11 is 0. The lowest BCUT2D eigenvalue weighted by molar-refractivity contribution is -0.901. The highest BCUT2D eigenvalue weighted by Gasteiger charge is 2.05. The number of quaternary nitrogens is 1. The highest BCUT2D eigenvalue weighted by Crippen LogP contribution is 2.13. The van der Waals surface area contributed by atoms with Gasteiger partial charge in [0, 0.05) is 0 Å². The number of nitrogens with one attached hydrogen (secondary N) is 1. The smallest absolute Gasteiger partial charge is 0.101 e. The number of unbranched alkanes of at least 4 members (excludes halogenated alkanes) is 15. The molecule has 0 radical (unpaired) electrons. The van der Waals surface area contributed by atoms with Gasteiger partial charge in [0.2, 0.25) is 0 Å². The van der Waals surface area contributed by atoms with Crippen molar-refractivity contribution in [3.8, 4) is 0 Å². The minimum absolute atomic E-state index is 0. The number of aliphatic hydroxyl groups is 2. The van der Waals surface area contributed by atoms with Crippen molar-refractivity contribution >= 4 is 0 Å². The van der Waals surface area contributed by atoms with E-state index in [2.05, 4.69) is 6.58 Å². The molecule has 3 nitrogen and oxygen atoms in total. The lowest BCUT2D eigenvalue weighted by atomic mass is 10.0. The van der Waals surface area contributed by atoms with Crippen molar-refractivity contribution in [2.45, 2.75) is 103 Å². The molecule has 0 heterocycles. The Morgan fingerprint density at radius 3 is 1.19 bits per heavy atom. The van der Waals surface area contributed by atoms with Crippen molar-refractivity contribution in [1.82, 2.24) is 0 Å². The molecule has 0 aliphatic carbocycles. The zero-order chi connectivity index (χ0) is 19.1. The second-order valence-electron chi connectivity index (χ2n) is 7.83. The standard InChI is InChI=1S/C23H47NO2.ClH/c1-2-3-4-5-6-7-8-9-10-11-12-13-14-15-16-17-18-19-24(20-22-25)21-23-26;/h2,25-26H,1,3-23H2;1H. The maximum Gasteiger partial charge on any atom is 0.101 e. The van der Waals surface area contributed by atoms with Crippen LogP contribution in [0.25, 0.3) is 0 Å². The molecule has 4 heteroatoms. The molecule has 0 aromatic rings. The summed E-state index contributed by atoms with van der Waals surface area (Å²) in [5, 5.41) is 18.0. The molecule has 0 bridgehead atoms. The molecule has 0 spiro atoms. The van der Waals surface area contributed by atoms with E-state index in [1.54, 1.807) is 0 Å². The first-order chi connectivity index (χ1) is 12.8. The maximum atomic E-state index is 9.00. The van der Waals surface area contributed by atoms with Gasteiger partial charge in [-0.1, -0.05) is 83.1 Å². The SMILES string of the molecule is C=CCCCCCCCCCCCCCCCCC[NH+](CCO)CCO.[Cl-]. The van der Waals surface area contributed by atoms with E-state index < -0.39 is 0 Å². The van der Waals surface area contributed by atoms with Crippen LogP contribution in [-0.2, 0) is 0 Å². The number of hydrogen-bond acceptors (Lipinski definition) is 2. The molecule has 0 saturated heterocycles. The van der Waals surface area contributed by atoms with Crippen molar-refractivity contribution in [3.63, 3.8) is 0 Å². The molecule has 0 amide bonds. The summed E-state index contributed by atoms with van der Waals surface area (Å²) in [7, 11) is 0.